The maximum Gasteiger partial charge on any atom is 0.422 e. The molecule has 3 aromatic heterocycles. The molecule has 33 heavy (non-hydrogen) atoms. The molecule has 0 radical (unpaired) electrons. The maximum absolute atomic E-state index is 12.3. The number of pyridine rings is 1. The lowest BCUT2D eigenvalue weighted by molar-refractivity contribution is -0.153. The molecule has 0 fully saturated rings. The average molecular weight is 538 g/mol. The summed E-state index contributed by atoms with van der Waals surface area (Å²) in [6.45, 7) is 0.712. The average Bonchev–Trinajstić information content (AvgIpc) is 3.39. The fourth-order valence-electron chi connectivity index (χ4n) is 2.83. The molecule has 4 rings (SSSR count). The smallest absolute Gasteiger partial charge is 0.422 e. The van der Waals surface area contributed by atoms with Crippen LogP contribution in [-0.2, 0) is 11.5 Å². The van der Waals surface area contributed by atoms with Crippen molar-refractivity contribution in [3.63, 3.8) is 0 Å². The summed E-state index contributed by atoms with van der Waals surface area (Å²) in [4.78, 5) is 13.2. The molecule has 0 unspecified atom stereocenters. The molecule has 0 bridgehead atoms. The minimum atomic E-state index is -4.38. The Hall–Kier alpha value is -2.01. The van der Waals surface area contributed by atoms with Crippen molar-refractivity contribution in [1.82, 2.24) is 15.0 Å². The van der Waals surface area contributed by atoms with E-state index in [1.807, 2.05) is 25.1 Å². The van der Waals surface area contributed by atoms with Gasteiger partial charge in [0.05, 0.1) is 28.7 Å². The van der Waals surface area contributed by atoms with Crippen molar-refractivity contribution in [2.24, 2.45) is 0 Å². The monoisotopic (exact) mass is 537 g/mol. The molecule has 0 atom stereocenters. The Kier molecular flexibility index (Phi) is 9.84. The first kappa shape index (κ1) is 27.2. The highest BCUT2D eigenvalue weighted by Crippen LogP contribution is 2.31. The Labute approximate surface area is 209 Å². The fourth-order valence-corrected chi connectivity index (χ4v) is 4.69. The van der Waals surface area contributed by atoms with Crippen LogP contribution in [-0.4, -0.2) is 27.7 Å². The molecule has 178 valence electrons. The normalized spacial score (nSPS) is 11.2. The number of aromatic nitrogens is 3. The third-order valence-corrected chi connectivity index (χ3v) is 6.46. The largest absolute Gasteiger partial charge is 0.484 e. The van der Waals surface area contributed by atoms with E-state index < -0.39 is 12.8 Å². The SMILES string of the molecule is Cc1c(SCc2ccco2)ccnc1CSc1nc2ccc(OCC(F)(F)F)cc2[nH]1.Cl.Cl. The Morgan fingerprint density at radius 1 is 1.09 bits per heavy atom. The lowest BCUT2D eigenvalue weighted by Crippen LogP contribution is -2.19. The van der Waals surface area contributed by atoms with Crippen molar-refractivity contribution >= 4 is 59.4 Å². The summed E-state index contributed by atoms with van der Waals surface area (Å²) in [5, 5.41) is 0.665. The second-order valence-electron chi connectivity index (χ2n) is 6.66. The number of thioether (sulfide) groups is 2. The number of benzene rings is 1. The lowest BCUT2D eigenvalue weighted by atomic mass is 10.2. The van der Waals surface area contributed by atoms with Gasteiger partial charge in [-0.05, 0) is 42.8 Å². The predicted octanol–water partition coefficient (Wildman–Crippen LogP) is 7.23. The number of fused-ring (bicyclic) bond motifs is 1. The van der Waals surface area contributed by atoms with Gasteiger partial charge >= 0.3 is 6.18 Å². The highest BCUT2D eigenvalue weighted by molar-refractivity contribution is 7.98. The van der Waals surface area contributed by atoms with E-state index in [0.29, 0.717) is 21.9 Å². The van der Waals surface area contributed by atoms with Crippen LogP contribution in [0.5, 0.6) is 5.75 Å². The molecule has 0 amide bonds. The molecule has 0 aliphatic heterocycles. The van der Waals surface area contributed by atoms with Gasteiger partial charge in [0.2, 0.25) is 0 Å². The highest BCUT2D eigenvalue weighted by atomic mass is 35.5. The molecule has 0 spiro atoms. The van der Waals surface area contributed by atoms with E-state index in [1.54, 1.807) is 30.3 Å². The number of alkyl halides is 3. The highest BCUT2D eigenvalue weighted by Gasteiger charge is 2.28. The molecule has 3 heterocycles. The third-order valence-electron chi connectivity index (χ3n) is 4.39. The van der Waals surface area contributed by atoms with Crippen LogP contribution in [0.25, 0.3) is 11.0 Å². The van der Waals surface area contributed by atoms with Crippen molar-refractivity contribution in [3.05, 3.63) is 65.9 Å². The van der Waals surface area contributed by atoms with Crippen LogP contribution in [0, 0.1) is 6.92 Å². The summed E-state index contributed by atoms with van der Waals surface area (Å²) in [6, 6.07) is 10.4. The molecule has 5 nitrogen and oxygen atoms in total. The Balaban J connectivity index is 0.00000193. The number of H-pyrrole nitrogens is 1. The fraction of sp³-hybridized carbons (Fsp3) is 0.238. The second-order valence-corrected chi connectivity index (χ2v) is 8.64. The standard InChI is InChI=1S/C21H18F3N3O2S2.2ClH/c1-13-18(25-7-6-19(13)30-10-15-3-2-8-28-15)11-31-20-26-16-5-4-14(9-17(16)27-20)29-12-21(22,23)24;;/h2-9H,10-12H2,1H3,(H,26,27);2*1H. The molecule has 0 aliphatic carbocycles. The number of ether oxygens (including phenoxy) is 1. The summed E-state index contributed by atoms with van der Waals surface area (Å²) < 4.78 is 47.2. The predicted molar refractivity (Wildman–Crippen MR) is 129 cm³/mol. The lowest BCUT2D eigenvalue weighted by Gasteiger charge is -2.09. The molecule has 1 N–H and O–H groups in total. The van der Waals surface area contributed by atoms with Gasteiger partial charge in [-0.2, -0.15) is 13.2 Å². The number of aromatic amines is 1. The number of halogens is 5. The van der Waals surface area contributed by atoms with Crippen LogP contribution in [0.3, 0.4) is 0 Å². The van der Waals surface area contributed by atoms with E-state index in [-0.39, 0.29) is 30.6 Å². The zero-order chi connectivity index (χ0) is 21.8. The van der Waals surface area contributed by atoms with Gasteiger partial charge in [-0.1, -0.05) is 11.8 Å². The quantitative estimate of drug-likeness (QED) is 0.239. The number of nitrogens with one attached hydrogen (secondary N) is 1. The van der Waals surface area contributed by atoms with Gasteiger partial charge in [0.25, 0.3) is 0 Å². The number of imidazole rings is 1. The molecular weight excluding hydrogens is 518 g/mol. The van der Waals surface area contributed by atoms with Gasteiger partial charge < -0.3 is 14.1 Å². The van der Waals surface area contributed by atoms with Crippen LogP contribution in [0.1, 0.15) is 17.0 Å². The van der Waals surface area contributed by atoms with E-state index in [9.17, 15) is 13.2 Å². The number of nitrogens with zero attached hydrogens (tertiary/aromatic N) is 2. The first-order valence-electron chi connectivity index (χ1n) is 9.29. The second kappa shape index (κ2) is 11.9. The zero-order valence-corrected chi connectivity index (χ0v) is 20.5. The summed E-state index contributed by atoms with van der Waals surface area (Å²) >= 11 is 3.18. The Morgan fingerprint density at radius 3 is 2.64 bits per heavy atom. The van der Waals surface area contributed by atoms with Gasteiger partial charge in [0.15, 0.2) is 11.8 Å². The number of hydrogen-bond acceptors (Lipinski definition) is 6. The Bertz CT molecular complexity index is 1170. The summed E-state index contributed by atoms with van der Waals surface area (Å²) in [5.41, 5.74) is 3.33. The number of furan rings is 1. The van der Waals surface area contributed by atoms with Crippen LogP contribution in [0.2, 0.25) is 0 Å². The van der Waals surface area contributed by atoms with Gasteiger partial charge in [-0.25, -0.2) is 4.98 Å². The number of rotatable bonds is 8. The van der Waals surface area contributed by atoms with E-state index in [0.717, 1.165) is 27.7 Å². The van der Waals surface area contributed by atoms with Crippen molar-refractivity contribution < 1.29 is 22.3 Å². The van der Waals surface area contributed by atoms with Crippen LogP contribution >= 0.6 is 48.3 Å². The first-order valence-corrected chi connectivity index (χ1v) is 11.3. The summed E-state index contributed by atoms with van der Waals surface area (Å²) in [7, 11) is 0. The third kappa shape index (κ3) is 7.49. The molecule has 1 aromatic carbocycles. The van der Waals surface area contributed by atoms with Gasteiger partial charge in [0, 0.05) is 22.9 Å². The molecule has 12 heteroatoms. The van der Waals surface area contributed by atoms with Gasteiger partial charge in [-0.15, -0.1) is 36.6 Å². The van der Waals surface area contributed by atoms with Crippen LogP contribution in [0.4, 0.5) is 13.2 Å². The van der Waals surface area contributed by atoms with E-state index in [2.05, 4.69) is 15.0 Å². The summed E-state index contributed by atoms with van der Waals surface area (Å²) in [5.74, 6) is 2.41. The van der Waals surface area contributed by atoms with E-state index >= 15 is 0 Å². The topological polar surface area (TPSA) is 63.9 Å². The summed E-state index contributed by atoms with van der Waals surface area (Å²) in [6.07, 6.45) is -0.925. The van der Waals surface area contributed by atoms with Gasteiger partial charge in [0.1, 0.15) is 11.5 Å². The van der Waals surface area contributed by atoms with E-state index in [4.69, 9.17) is 9.15 Å². The van der Waals surface area contributed by atoms with Crippen molar-refractivity contribution in [3.8, 4) is 5.75 Å². The number of hydrogen-bond donors (Lipinski definition) is 1. The van der Waals surface area contributed by atoms with Crippen molar-refractivity contribution in [2.75, 3.05) is 6.61 Å². The van der Waals surface area contributed by atoms with Gasteiger partial charge in [-0.3, -0.25) is 4.98 Å². The minimum Gasteiger partial charge on any atom is -0.484 e. The molecule has 0 aliphatic rings. The van der Waals surface area contributed by atoms with Crippen LogP contribution < -0.4 is 4.74 Å². The van der Waals surface area contributed by atoms with Crippen molar-refractivity contribution in [2.45, 2.75) is 34.7 Å². The zero-order valence-electron chi connectivity index (χ0n) is 17.2. The van der Waals surface area contributed by atoms with Crippen LogP contribution in [0.15, 0.2) is 63.3 Å². The minimum absolute atomic E-state index is 0. The molecular formula is C21H20Cl2F3N3O2S2. The maximum atomic E-state index is 12.3. The molecule has 0 saturated carbocycles. The molecule has 0 saturated heterocycles. The first-order chi connectivity index (χ1) is 14.9. The Morgan fingerprint density at radius 2 is 1.91 bits per heavy atom. The van der Waals surface area contributed by atoms with E-state index in [1.165, 1.54) is 23.9 Å². The van der Waals surface area contributed by atoms with Crippen molar-refractivity contribution in [1.29, 1.82) is 0 Å². The molecule has 4 aromatic rings.